The minimum atomic E-state index is -0.0840. The highest BCUT2D eigenvalue weighted by atomic mass is 16.5. The molecule has 2 heteroatoms. The molecule has 0 spiro atoms. The van der Waals surface area contributed by atoms with Crippen LogP contribution < -0.4 is 0 Å². The lowest BCUT2D eigenvalue weighted by Crippen LogP contribution is -2.40. The SMILES string of the molecule is C#CCCC1(COC)CCCCO1. The highest BCUT2D eigenvalue weighted by Gasteiger charge is 2.32. The van der Waals surface area contributed by atoms with Crippen LogP contribution in [-0.2, 0) is 9.47 Å². The predicted octanol–water partition coefficient (Wildman–Crippen LogP) is 1.99. The van der Waals surface area contributed by atoms with Gasteiger partial charge in [0.05, 0.1) is 12.2 Å². The Morgan fingerprint density at radius 2 is 2.38 bits per heavy atom. The number of rotatable bonds is 4. The molecular weight excluding hydrogens is 164 g/mol. The third-order valence-corrected chi connectivity index (χ3v) is 2.57. The van der Waals surface area contributed by atoms with Crippen molar-refractivity contribution in [2.45, 2.75) is 37.7 Å². The van der Waals surface area contributed by atoms with E-state index >= 15 is 0 Å². The maximum absolute atomic E-state index is 5.79. The van der Waals surface area contributed by atoms with Gasteiger partial charge in [-0.1, -0.05) is 0 Å². The van der Waals surface area contributed by atoms with Crippen LogP contribution in [0.5, 0.6) is 0 Å². The smallest absolute Gasteiger partial charge is 0.0923 e. The van der Waals surface area contributed by atoms with Crippen LogP contribution in [0.4, 0.5) is 0 Å². The van der Waals surface area contributed by atoms with Gasteiger partial charge in [0.25, 0.3) is 0 Å². The van der Waals surface area contributed by atoms with E-state index in [4.69, 9.17) is 15.9 Å². The molecule has 0 aromatic rings. The summed E-state index contributed by atoms with van der Waals surface area (Å²) in [5.74, 6) is 2.66. The molecule has 1 unspecified atom stereocenters. The second-order valence-electron chi connectivity index (χ2n) is 3.63. The fourth-order valence-electron chi connectivity index (χ4n) is 1.86. The average Bonchev–Trinajstić information content (AvgIpc) is 2.17. The van der Waals surface area contributed by atoms with Crippen LogP contribution in [0.3, 0.4) is 0 Å². The van der Waals surface area contributed by atoms with E-state index in [1.165, 1.54) is 12.8 Å². The third kappa shape index (κ3) is 3.02. The topological polar surface area (TPSA) is 18.5 Å². The second kappa shape index (κ2) is 5.26. The highest BCUT2D eigenvalue weighted by Crippen LogP contribution is 2.29. The van der Waals surface area contributed by atoms with Gasteiger partial charge in [-0.2, -0.15) is 0 Å². The van der Waals surface area contributed by atoms with E-state index in [0.717, 1.165) is 25.9 Å². The van der Waals surface area contributed by atoms with Crippen molar-refractivity contribution in [3.8, 4) is 12.3 Å². The molecule has 1 aliphatic heterocycles. The number of hydrogen-bond donors (Lipinski definition) is 0. The molecule has 0 radical (unpaired) electrons. The predicted molar refractivity (Wildman–Crippen MR) is 52.5 cm³/mol. The van der Waals surface area contributed by atoms with Gasteiger partial charge in [0.1, 0.15) is 0 Å². The van der Waals surface area contributed by atoms with Crippen LogP contribution in [0.25, 0.3) is 0 Å². The van der Waals surface area contributed by atoms with Crippen LogP contribution in [0, 0.1) is 12.3 Å². The van der Waals surface area contributed by atoms with Crippen molar-refractivity contribution in [1.82, 2.24) is 0 Å². The lowest BCUT2D eigenvalue weighted by atomic mass is 9.90. The Balaban J connectivity index is 2.46. The summed E-state index contributed by atoms with van der Waals surface area (Å²) in [6.07, 6.45) is 10.4. The van der Waals surface area contributed by atoms with E-state index in [9.17, 15) is 0 Å². The largest absolute Gasteiger partial charge is 0.382 e. The minimum absolute atomic E-state index is 0.0840. The van der Waals surface area contributed by atoms with Gasteiger partial charge >= 0.3 is 0 Å². The maximum Gasteiger partial charge on any atom is 0.0923 e. The zero-order chi connectivity index (χ0) is 9.57. The quantitative estimate of drug-likeness (QED) is 0.619. The van der Waals surface area contributed by atoms with Gasteiger partial charge in [-0.05, 0) is 25.7 Å². The summed E-state index contributed by atoms with van der Waals surface area (Å²) in [4.78, 5) is 0. The van der Waals surface area contributed by atoms with Gasteiger partial charge in [-0.3, -0.25) is 0 Å². The molecule has 0 N–H and O–H groups in total. The van der Waals surface area contributed by atoms with Crippen molar-refractivity contribution in [3.05, 3.63) is 0 Å². The van der Waals surface area contributed by atoms with Crippen LogP contribution in [0.15, 0.2) is 0 Å². The molecule has 1 fully saturated rings. The van der Waals surface area contributed by atoms with E-state index in [-0.39, 0.29) is 5.60 Å². The molecular formula is C11H18O2. The van der Waals surface area contributed by atoms with Crippen molar-refractivity contribution in [2.24, 2.45) is 0 Å². The Kier molecular flexibility index (Phi) is 4.27. The van der Waals surface area contributed by atoms with E-state index < -0.39 is 0 Å². The van der Waals surface area contributed by atoms with E-state index in [0.29, 0.717) is 6.61 Å². The zero-order valence-corrected chi connectivity index (χ0v) is 8.34. The lowest BCUT2D eigenvalue weighted by Gasteiger charge is -2.36. The summed E-state index contributed by atoms with van der Waals surface area (Å²) in [7, 11) is 1.72. The monoisotopic (exact) mass is 182 g/mol. The van der Waals surface area contributed by atoms with Crippen LogP contribution in [-0.4, -0.2) is 25.9 Å². The minimum Gasteiger partial charge on any atom is -0.382 e. The van der Waals surface area contributed by atoms with Gasteiger partial charge in [0.15, 0.2) is 0 Å². The fourth-order valence-corrected chi connectivity index (χ4v) is 1.86. The van der Waals surface area contributed by atoms with Crippen molar-refractivity contribution in [1.29, 1.82) is 0 Å². The summed E-state index contributed by atoms with van der Waals surface area (Å²) >= 11 is 0. The first-order valence-corrected chi connectivity index (χ1v) is 4.89. The Hall–Kier alpha value is -0.520. The van der Waals surface area contributed by atoms with E-state index in [2.05, 4.69) is 5.92 Å². The number of ether oxygens (including phenoxy) is 2. The molecule has 13 heavy (non-hydrogen) atoms. The van der Waals surface area contributed by atoms with Crippen molar-refractivity contribution in [2.75, 3.05) is 20.3 Å². The van der Waals surface area contributed by atoms with Crippen molar-refractivity contribution < 1.29 is 9.47 Å². The van der Waals surface area contributed by atoms with E-state index in [1.54, 1.807) is 7.11 Å². The van der Waals surface area contributed by atoms with Gasteiger partial charge in [-0.15, -0.1) is 12.3 Å². The van der Waals surface area contributed by atoms with E-state index in [1.807, 2.05) is 0 Å². The van der Waals surface area contributed by atoms with Crippen molar-refractivity contribution in [3.63, 3.8) is 0 Å². The summed E-state index contributed by atoms with van der Waals surface area (Å²) in [6, 6.07) is 0. The van der Waals surface area contributed by atoms with Crippen LogP contribution in [0.1, 0.15) is 32.1 Å². The molecule has 0 aliphatic carbocycles. The van der Waals surface area contributed by atoms with Crippen LogP contribution >= 0.6 is 0 Å². The molecule has 0 amide bonds. The van der Waals surface area contributed by atoms with Crippen molar-refractivity contribution >= 4 is 0 Å². The molecule has 1 rings (SSSR count). The first kappa shape index (κ1) is 10.6. The second-order valence-corrected chi connectivity index (χ2v) is 3.63. The summed E-state index contributed by atoms with van der Waals surface area (Å²) in [5, 5.41) is 0. The Labute approximate surface area is 80.6 Å². The maximum atomic E-state index is 5.79. The van der Waals surface area contributed by atoms with Gasteiger partial charge in [0, 0.05) is 20.1 Å². The Morgan fingerprint density at radius 3 is 2.92 bits per heavy atom. The van der Waals surface area contributed by atoms with Gasteiger partial charge in [0.2, 0.25) is 0 Å². The molecule has 1 atom stereocenters. The summed E-state index contributed by atoms with van der Waals surface area (Å²) < 4.78 is 11.0. The normalized spacial score (nSPS) is 28.3. The molecule has 2 nitrogen and oxygen atoms in total. The molecule has 1 saturated heterocycles. The number of hydrogen-bond acceptors (Lipinski definition) is 2. The molecule has 0 bridgehead atoms. The standard InChI is InChI=1S/C11H18O2/c1-3-4-7-11(10-12-2)8-5-6-9-13-11/h1H,4-10H2,2H3. The number of methoxy groups -OCH3 is 1. The zero-order valence-electron chi connectivity index (χ0n) is 8.34. The highest BCUT2D eigenvalue weighted by molar-refractivity contribution is 4.91. The molecule has 1 aliphatic rings. The molecule has 0 aromatic carbocycles. The first-order chi connectivity index (χ1) is 6.33. The molecule has 0 saturated carbocycles. The molecule has 0 aromatic heterocycles. The number of terminal acetylenes is 1. The third-order valence-electron chi connectivity index (χ3n) is 2.57. The lowest BCUT2D eigenvalue weighted by molar-refractivity contribution is -0.119. The van der Waals surface area contributed by atoms with Gasteiger partial charge < -0.3 is 9.47 Å². The molecule has 74 valence electrons. The summed E-state index contributed by atoms with van der Waals surface area (Å²) in [5.41, 5.74) is -0.0840. The first-order valence-electron chi connectivity index (χ1n) is 4.89. The molecule has 1 heterocycles. The fraction of sp³-hybridized carbons (Fsp3) is 0.818. The summed E-state index contributed by atoms with van der Waals surface area (Å²) in [6.45, 7) is 1.53. The van der Waals surface area contributed by atoms with Gasteiger partial charge in [-0.25, -0.2) is 0 Å². The average molecular weight is 182 g/mol. The van der Waals surface area contributed by atoms with Crippen LogP contribution in [0.2, 0.25) is 0 Å². The Morgan fingerprint density at radius 1 is 1.54 bits per heavy atom. The Bertz CT molecular complexity index is 170.